The molecule has 0 unspecified atom stereocenters. The third kappa shape index (κ3) is 5.14. The number of hydrogen-bond acceptors (Lipinski definition) is 0. The Hall–Kier alpha value is -3.21. The largest absolute Gasteiger partial charge is 0.0775 e. The summed E-state index contributed by atoms with van der Waals surface area (Å²) in [7, 11) is -2.63. The van der Waals surface area contributed by atoms with Crippen LogP contribution in [0.25, 0.3) is 34.4 Å². The van der Waals surface area contributed by atoms with Gasteiger partial charge in [-0.15, -0.1) is 0 Å². The second-order valence-electron chi connectivity index (χ2n) is 14.8. The highest BCUT2D eigenvalue weighted by molar-refractivity contribution is 6.89. The third-order valence-electron chi connectivity index (χ3n) is 10.0. The maximum absolute atomic E-state index is 2.54. The van der Waals surface area contributed by atoms with Crippen molar-refractivity contribution in [1.29, 1.82) is 0 Å². The summed E-state index contributed by atoms with van der Waals surface area (Å²) in [5.41, 5.74) is 14.4. The predicted molar refractivity (Wildman–Crippen MR) is 191 cm³/mol. The van der Waals surface area contributed by atoms with Crippen LogP contribution in [0, 0.1) is 5.41 Å². The van der Waals surface area contributed by atoms with Crippen molar-refractivity contribution < 1.29 is 0 Å². The van der Waals surface area contributed by atoms with Gasteiger partial charge in [0.25, 0.3) is 0 Å². The fraction of sp³-hybridized carbons (Fsp3) is 0.300. The third-order valence-corrected chi connectivity index (χ3v) is 14.2. The van der Waals surface area contributed by atoms with Crippen LogP contribution in [0.1, 0.15) is 42.5 Å². The van der Waals surface area contributed by atoms with Crippen molar-refractivity contribution in [2.24, 2.45) is 5.41 Å². The van der Waals surface area contributed by atoms with Gasteiger partial charge in [-0.2, -0.15) is 0 Å². The number of fused-ring (bicyclic) bond motifs is 2. The Bertz CT molecular complexity index is 1580. The van der Waals surface area contributed by atoms with Gasteiger partial charge in [0.15, 0.2) is 0 Å². The van der Waals surface area contributed by atoms with E-state index in [-0.39, 0.29) is 5.41 Å². The lowest BCUT2D eigenvalue weighted by molar-refractivity contribution is 0.452. The second kappa shape index (κ2) is 10.5. The van der Waals surface area contributed by atoms with E-state index < -0.39 is 16.1 Å². The Morgan fingerprint density at radius 1 is 0.548 bits per heavy atom. The number of allylic oxidation sites excluding steroid dienone is 2. The van der Waals surface area contributed by atoms with Gasteiger partial charge in [-0.1, -0.05) is 172 Å². The van der Waals surface area contributed by atoms with Crippen LogP contribution in [-0.4, -0.2) is 16.1 Å². The van der Waals surface area contributed by atoms with E-state index in [1.54, 1.807) is 11.1 Å². The topological polar surface area (TPSA) is 0 Å². The van der Waals surface area contributed by atoms with Crippen LogP contribution in [0.15, 0.2) is 96.1 Å². The number of hydrogen-bond donors (Lipinski definition) is 0. The molecule has 2 aliphatic rings. The average Bonchev–Trinajstić information content (AvgIpc) is 3.61. The van der Waals surface area contributed by atoms with Crippen molar-refractivity contribution in [3.05, 3.63) is 118 Å². The summed E-state index contributed by atoms with van der Waals surface area (Å²) in [4.78, 5) is 0. The van der Waals surface area contributed by atoms with E-state index >= 15 is 0 Å². The van der Waals surface area contributed by atoms with Crippen LogP contribution in [0.5, 0.6) is 0 Å². The summed E-state index contributed by atoms with van der Waals surface area (Å²) in [6.45, 7) is 19.4. The van der Waals surface area contributed by atoms with Crippen LogP contribution in [0.4, 0.5) is 0 Å². The minimum atomic E-state index is -1.31. The van der Waals surface area contributed by atoms with Crippen LogP contribution in [-0.2, 0) is 12.8 Å². The highest BCUT2D eigenvalue weighted by Crippen LogP contribution is 2.50. The Morgan fingerprint density at radius 2 is 0.929 bits per heavy atom. The normalized spacial score (nSPS) is 14.9. The summed E-state index contributed by atoms with van der Waals surface area (Å²) in [5, 5.41) is 3.04. The molecule has 42 heavy (non-hydrogen) atoms. The molecule has 214 valence electrons. The lowest BCUT2D eigenvalue weighted by atomic mass is 9.72. The molecule has 0 spiro atoms. The maximum Gasteiger partial charge on any atom is 0.0775 e. The molecule has 0 atom stereocenters. The highest BCUT2D eigenvalue weighted by Gasteiger charge is 2.37. The van der Waals surface area contributed by atoms with Crippen molar-refractivity contribution in [3.63, 3.8) is 0 Å². The Balaban J connectivity index is 1.35. The van der Waals surface area contributed by atoms with Gasteiger partial charge in [-0.05, 0) is 63.8 Å². The van der Waals surface area contributed by atoms with Crippen molar-refractivity contribution in [3.8, 4) is 22.3 Å². The monoisotopic (exact) mass is 582 g/mol. The van der Waals surface area contributed by atoms with Gasteiger partial charge in [0.1, 0.15) is 0 Å². The standard InChI is InChI=1S/C40H46Si2/c1-9-40(2,32-24-30-12-10-14-36(38(30)26-32)28-16-20-34(21-17-28)41(3,4)5)33-25-31-13-11-15-37(39(31)27-33)29-18-22-35(23-19-29)42(6,7)8/h10-23,26-27H,9,24-25H2,1-8H3. The van der Waals surface area contributed by atoms with Gasteiger partial charge in [0.2, 0.25) is 0 Å². The first kappa shape index (κ1) is 28.9. The smallest absolute Gasteiger partial charge is 0.0656 e. The molecule has 2 aliphatic carbocycles. The van der Waals surface area contributed by atoms with Crippen LogP contribution < -0.4 is 10.4 Å². The summed E-state index contributed by atoms with van der Waals surface area (Å²) in [5.74, 6) is 0. The quantitative estimate of drug-likeness (QED) is 0.190. The average molecular weight is 583 g/mol. The molecular weight excluding hydrogens is 537 g/mol. The van der Waals surface area contributed by atoms with Gasteiger partial charge >= 0.3 is 0 Å². The van der Waals surface area contributed by atoms with E-state index in [9.17, 15) is 0 Å². The molecule has 0 saturated carbocycles. The Labute approximate surface area is 256 Å². The van der Waals surface area contributed by atoms with Crippen LogP contribution >= 0.6 is 0 Å². The van der Waals surface area contributed by atoms with Crippen molar-refractivity contribution >= 4 is 38.7 Å². The minimum Gasteiger partial charge on any atom is -0.0656 e. The van der Waals surface area contributed by atoms with Crippen LogP contribution in [0.3, 0.4) is 0 Å². The molecule has 4 aromatic carbocycles. The summed E-state index contributed by atoms with van der Waals surface area (Å²) in [6, 6.07) is 32.7. The Kier molecular flexibility index (Phi) is 7.23. The maximum atomic E-state index is 2.54. The first-order valence-electron chi connectivity index (χ1n) is 15.8. The van der Waals surface area contributed by atoms with E-state index in [4.69, 9.17) is 0 Å². The fourth-order valence-electron chi connectivity index (χ4n) is 6.91. The zero-order valence-corrected chi connectivity index (χ0v) is 28.9. The fourth-order valence-corrected chi connectivity index (χ4v) is 9.24. The van der Waals surface area contributed by atoms with Gasteiger partial charge in [0, 0.05) is 5.41 Å². The van der Waals surface area contributed by atoms with Gasteiger partial charge in [0.05, 0.1) is 16.1 Å². The summed E-state index contributed by atoms with van der Waals surface area (Å²) >= 11 is 0. The van der Waals surface area contributed by atoms with Gasteiger partial charge < -0.3 is 0 Å². The molecule has 0 saturated heterocycles. The molecule has 4 aromatic rings. The first-order chi connectivity index (χ1) is 19.9. The minimum absolute atomic E-state index is 0.0377. The lowest BCUT2D eigenvalue weighted by Crippen LogP contribution is -2.37. The first-order valence-corrected chi connectivity index (χ1v) is 22.8. The molecule has 6 rings (SSSR count). The zero-order chi connectivity index (χ0) is 29.9. The molecule has 0 N–H and O–H groups in total. The molecule has 0 bridgehead atoms. The van der Waals surface area contributed by atoms with E-state index in [2.05, 4.69) is 150 Å². The van der Waals surface area contributed by atoms with E-state index in [0.717, 1.165) is 19.3 Å². The van der Waals surface area contributed by atoms with Crippen molar-refractivity contribution in [1.82, 2.24) is 0 Å². The second-order valence-corrected chi connectivity index (χ2v) is 24.9. The molecule has 0 radical (unpaired) electrons. The Morgan fingerprint density at radius 3 is 1.26 bits per heavy atom. The predicted octanol–water partition coefficient (Wildman–Crippen LogP) is 10.1. The molecule has 2 heteroatoms. The van der Waals surface area contributed by atoms with Crippen LogP contribution in [0.2, 0.25) is 39.3 Å². The van der Waals surface area contributed by atoms with Crippen molar-refractivity contribution in [2.45, 2.75) is 72.4 Å². The summed E-state index contributed by atoms with van der Waals surface area (Å²) in [6.07, 6.45) is 8.27. The highest BCUT2D eigenvalue weighted by atomic mass is 28.3. The SMILES string of the molecule is CCC(C)(C1=Cc2c(cccc2-c2ccc([Si](C)(C)C)cc2)C1)C1=Cc2c(cccc2-c2ccc([Si](C)(C)C)cc2)C1. The van der Waals surface area contributed by atoms with E-state index in [1.807, 2.05) is 0 Å². The summed E-state index contributed by atoms with van der Waals surface area (Å²) < 4.78 is 0. The number of benzene rings is 4. The molecular formula is C40H46Si2. The molecule has 0 amide bonds. The molecule has 0 aromatic heterocycles. The van der Waals surface area contributed by atoms with Gasteiger partial charge in [-0.3, -0.25) is 0 Å². The molecule has 0 heterocycles. The van der Waals surface area contributed by atoms with Crippen molar-refractivity contribution in [2.75, 3.05) is 0 Å². The van der Waals surface area contributed by atoms with Gasteiger partial charge in [-0.25, -0.2) is 0 Å². The molecule has 0 aliphatic heterocycles. The van der Waals surface area contributed by atoms with E-state index in [1.165, 1.54) is 54.9 Å². The number of rotatable bonds is 7. The lowest BCUT2D eigenvalue weighted by Gasteiger charge is -2.32. The zero-order valence-electron chi connectivity index (χ0n) is 26.9. The molecule has 0 nitrogen and oxygen atoms in total. The van der Waals surface area contributed by atoms with E-state index in [0.29, 0.717) is 0 Å². The molecule has 0 fully saturated rings.